The number of carbonyl (C=O) groups excluding carboxylic acids is 1. The van der Waals surface area contributed by atoms with Gasteiger partial charge in [-0.15, -0.1) is 0 Å². The first-order valence-corrected chi connectivity index (χ1v) is 12.2. The number of pyridine rings is 1. The normalized spacial score (nSPS) is 15.4. The highest BCUT2D eigenvalue weighted by molar-refractivity contribution is 5.99. The highest BCUT2D eigenvalue weighted by Gasteiger charge is 2.29. The van der Waals surface area contributed by atoms with Gasteiger partial charge in [-0.2, -0.15) is 13.2 Å². The molecule has 0 saturated carbocycles. The van der Waals surface area contributed by atoms with Gasteiger partial charge in [0, 0.05) is 11.8 Å². The third-order valence-corrected chi connectivity index (χ3v) is 6.06. The van der Waals surface area contributed by atoms with Gasteiger partial charge in [-0.25, -0.2) is 15.0 Å². The van der Waals surface area contributed by atoms with Crippen molar-refractivity contribution in [1.82, 2.24) is 15.0 Å². The van der Waals surface area contributed by atoms with E-state index in [1.165, 1.54) is 11.6 Å². The number of aryl methyl sites for hydroxylation is 1. The molecule has 1 atom stereocenters. The third-order valence-electron chi connectivity index (χ3n) is 6.06. The van der Waals surface area contributed by atoms with E-state index in [1.807, 2.05) is 12.1 Å². The zero-order valence-electron chi connectivity index (χ0n) is 21.1. The monoisotopic (exact) mass is 523 g/mol. The Morgan fingerprint density at radius 1 is 1.21 bits per heavy atom. The molecule has 2 N–H and O–H groups in total. The molecule has 7 nitrogen and oxygen atoms in total. The third kappa shape index (κ3) is 6.76. The molecule has 0 saturated heterocycles. The number of amides is 1. The number of hydrogen-bond acceptors (Lipinski definition) is 6. The Kier molecular flexibility index (Phi) is 8.09. The number of aromatic nitrogens is 3. The second-order valence-corrected chi connectivity index (χ2v) is 9.12. The molecule has 10 heteroatoms. The van der Waals surface area contributed by atoms with E-state index in [-0.39, 0.29) is 28.9 Å². The highest BCUT2D eigenvalue weighted by atomic mass is 19.4. The van der Waals surface area contributed by atoms with E-state index in [2.05, 4.69) is 57.3 Å². The molecule has 2 heterocycles. The lowest BCUT2D eigenvalue weighted by Gasteiger charge is -2.20. The van der Waals surface area contributed by atoms with Gasteiger partial charge < -0.3 is 15.4 Å². The lowest BCUT2D eigenvalue weighted by Crippen LogP contribution is -2.20. The minimum absolute atomic E-state index is 0.0669. The molecule has 1 amide bonds. The molecule has 0 bridgehead atoms. The van der Waals surface area contributed by atoms with E-state index in [4.69, 9.17) is 4.74 Å². The number of nitrogens with one attached hydrogen (secondary N) is 2. The SMILES string of the molecule is C=CC(=O)Nc1cc(Nc2nccc(C3=CCCC(C)Cc4ccccc43)n2)c(OCC(F)(F)F)nc1C. The van der Waals surface area contributed by atoms with Crippen LogP contribution in [0.4, 0.5) is 30.5 Å². The van der Waals surface area contributed by atoms with E-state index < -0.39 is 18.7 Å². The summed E-state index contributed by atoms with van der Waals surface area (Å²) in [5, 5.41) is 5.51. The zero-order chi connectivity index (χ0) is 27.3. The number of alkyl halides is 3. The molecule has 1 aliphatic rings. The first kappa shape index (κ1) is 26.8. The number of hydrogen-bond donors (Lipinski definition) is 2. The van der Waals surface area contributed by atoms with Crippen molar-refractivity contribution < 1.29 is 22.7 Å². The fraction of sp³-hybridized carbons (Fsp3) is 0.286. The lowest BCUT2D eigenvalue weighted by atomic mass is 9.86. The smallest absolute Gasteiger partial charge is 0.422 e. The van der Waals surface area contributed by atoms with Crippen LogP contribution in [0.25, 0.3) is 5.57 Å². The van der Waals surface area contributed by atoms with Crippen LogP contribution in [0, 0.1) is 12.8 Å². The van der Waals surface area contributed by atoms with Gasteiger partial charge in [-0.3, -0.25) is 4.79 Å². The van der Waals surface area contributed by atoms with Crippen LogP contribution in [0.1, 0.15) is 42.3 Å². The molecule has 198 valence electrons. The predicted octanol–water partition coefficient (Wildman–Crippen LogP) is 6.39. The molecule has 0 spiro atoms. The molecule has 1 unspecified atom stereocenters. The number of halogens is 3. The summed E-state index contributed by atoms with van der Waals surface area (Å²) in [4.78, 5) is 24.9. The minimum atomic E-state index is -4.56. The Bertz CT molecular complexity index is 1370. The van der Waals surface area contributed by atoms with Gasteiger partial charge in [0.15, 0.2) is 6.61 Å². The standard InChI is InChI=1S/C28H28F3N5O2/c1-4-25(37)34-23-15-24(26(33-18(23)3)38-16-28(29,30)31)36-27-32-13-12-22(35-27)21-11-7-8-17(2)14-19-9-5-6-10-20(19)21/h4-6,9-13,15,17H,1,7-8,14,16H2,2-3H3,(H,34,37)(H,32,35,36). The molecule has 0 aliphatic heterocycles. The van der Waals surface area contributed by atoms with Crippen molar-refractivity contribution in [3.63, 3.8) is 0 Å². The summed E-state index contributed by atoms with van der Waals surface area (Å²) < 4.78 is 43.7. The van der Waals surface area contributed by atoms with Crippen LogP contribution < -0.4 is 15.4 Å². The molecule has 0 fully saturated rings. The number of ether oxygens (including phenoxy) is 1. The van der Waals surface area contributed by atoms with Crippen molar-refractivity contribution in [3.8, 4) is 5.88 Å². The fourth-order valence-electron chi connectivity index (χ4n) is 4.24. The number of benzene rings is 1. The van der Waals surface area contributed by atoms with Crippen LogP contribution in [0.5, 0.6) is 5.88 Å². The summed E-state index contributed by atoms with van der Waals surface area (Å²) in [5.41, 5.74) is 4.56. The number of carbonyl (C=O) groups is 1. The average Bonchev–Trinajstić information content (AvgIpc) is 2.86. The Morgan fingerprint density at radius 2 is 2.00 bits per heavy atom. The topological polar surface area (TPSA) is 89.0 Å². The fourth-order valence-corrected chi connectivity index (χ4v) is 4.24. The second kappa shape index (κ2) is 11.5. The molecule has 4 rings (SSSR count). The van der Waals surface area contributed by atoms with Crippen LogP contribution in [-0.2, 0) is 11.2 Å². The molecule has 2 aromatic heterocycles. The number of fused-ring (bicyclic) bond motifs is 1. The Balaban J connectivity index is 1.70. The summed E-state index contributed by atoms with van der Waals surface area (Å²) in [7, 11) is 0. The summed E-state index contributed by atoms with van der Waals surface area (Å²) >= 11 is 0. The minimum Gasteiger partial charge on any atom is -0.467 e. The molecule has 1 aliphatic carbocycles. The number of allylic oxidation sites excluding steroid dienone is 1. The predicted molar refractivity (Wildman–Crippen MR) is 140 cm³/mol. The zero-order valence-corrected chi connectivity index (χ0v) is 21.1. The summed E-state index contributed by atoms with van der Waals surface area (Å²) in [6.45, 7) is 5.66. The van der Waals surface area contributed by atoms with Crippen molar-refractivity contribution in [2.45, 2.75) is 39.3 Å². The van der Waals surface area contributed by atoms with Gasteiger partial charge in [0.2, 0.25) is 17.7 Å². The number of rotatable bonds is 7. The molecule has 38 heavy (non-hydrogen) atoms. The second-order valence-electron chi connectivity index (χ2n) is 9.12. The Labute approximate surface area is 218 Å². The van der Waals surface area contributed by atoms with Crippen molar-refractivity contribution >= 4 is 28.8 Å². The van der Waals surface area contributed by atoms with Crippen LogP contribution in [0.3, 0.4) is 0 Å². The van der Waals surface area contributed by atoms with Gasteiger partial charge in [-0.05, 0) is 61.4 Å². The lowest BCUT2D eigenvalue weighted by molar-refractivity contribution is -0.154. The molecular formula is C28H28F3N5O2. The number of anilines is 3. The van der Waals surface area contributed by atoms with Gasteiger partial charge in [0.1, 0.15) is 5.69 Å². The van der Waals surface area contributed by atoms with Crippen molar-refractivity contribution in [2.75, 3.05) is 17.2 Å². The summed E-state index contributed by atoms with van der Waals surface area (Å²) in [6.07, 6.45) is 3.15. The quantitative estimate of drug-likeness (QED) is 0.349. The van der Waals surface area contributed by atoms with E-state index in [0.29, 0.717) is 11.6 Å². The van der Waals surface area contributed by atoms with Crippen LogP contribution >= 0.6 is 0 Å². The maximum absolute atomic E-state index is 12.9. The molecule has 1 aromatic carbocycles. The maximum Gasteiger partial charge on any atom is 0.422 e. The Morgan fingerprint density at radius 3 is 2.76 bits per heavy atom. The molecule has 0 radical (unpaired) electrons. The van der Waals surface area contributed by atoms with Gasteiger partial charge in [0.25, 0.3) is 0 Å². The molecular weight excluding hydrogens is 495 g/mol. The van der Waals surface area contributed by atoms with Gasteiger partial charge in [0.05, 0.1) is 17.1 Å². The first-order valence-electron chi connectivity index (χ1n) is 12.2. The summed E-state index contributed by atoms with van der Waals surface area (Å²) in [5.74, 6) is -0.0986. The van der Waals surface area contributed by atoms with Gasteiger partial charge in [-0.1, -0.05) is 43.8 Å². The number of nitrogens with zero attached hydrogens (tertiary/aromatic N) is 3. The van der Waals surface area contributed by atoms with E-state index in [9.17, 15) is 18.0 Å². The van der Waals surface area contributed by atoms with Crippen molar-refractivity contribution in [3.05, 3.63) is 83.8 Å². The van der Waals surface area contributed by atoms with Crippen LogP contribution in [0.15, 0.2) is 61.3 Å². The van der Waals surface area contributed by atoms with Crippen LogP contribution in [0.2, 0.25) is 0 Å². The highest BCUT2D eigenvalue weighted by Crippen LogP contribution is 2.34. The Hall–Kier alpha value is -4.21. The largest absolute Gasteiger partial charge is 0.467 e. The van der Waals surface area contributed by atoms with Crippen LogP contribution in [-0.4, -0.2) is 33.6 Å². The van der Waals surface area contributed by atoms with E-state index in [1.54, 1.807) is 19.2 Å². The van der Waals surface area contributed by atoms with E-state index >= 15 is 0 Å². The first-order chi connectivity index (χ1) is 18.1. The summed E-state index contributed by atoms with van der Waals surface area (Å²) in [6, 6.07) is 11.4. The average molecular weight is 524 g/mol. The molecule has 3 aromatic rings. The van der Waals surface area contributed by atoms with Crippen molar-refractivity contribution in [1.29, 1.82) is 0 Å². The van der Waals surface area contributed by atoms with Crippen molar-refractivity contribution in [2.24, 2.45) is 5.92 Å². The van der Waals surface area contributed by atoms with Gasteiger partial charge >= 0.3 is 6.18 Å². The maximum atomic E-state index is 12.9. The van der Waals surface area contributed by atoms with E-state index in [0.717, 1.165) is 36.5 Å².